The highest BCUT2D eigenvalue weighted by Crippen LogP contribution is 2.43. The van der Waals surface area contributed by atoms with Gasteiger partial charge in [-0.25, -0.2) is 0 Å². The Morgan fingerprint density at radius 3 is 2.58 bits per heavy atom. The number of amides is 1. The van der Waals surface area contributed by atoms with Crippen LogP contribution in [-0.4, -0.2) is 43.5 Å². The Bertz CT molecular complexity index is 925. The lowest BCUT2D eigenvalue weighted by Crippen LogP contribution is -2.46. The van der Waals surface area contributed by atoms with E-state index in [1.165, 1.54) is 11.3 Å². The Labute approximate surface area is 190 Å². The lowest BCUT2D eigenvalue weighted by Gasteiger charge is -2.36. The highest BCUT2D eigenvalue weighted by molar-refractivity contribution is 6.31. The van der Waals surface area contributed by atoms with Crippen molar-refractivity contribution in [3.63, 3.8) is 0 Å². The zero-order valence-electron chi connectivity index (χ0n) is 18.4. The van der Waals surface area contributed by atoms with E-state index < -0.39 is 0 Å². The highest BCUT2D eigenvalue weighted by Gasteiger charge is 2.44. The number of nitrogens with one attached hydrogen (secondary N) is 1. The maximum absolute atomic E-state index is 12.8. The lowest BCUT2D eigenvalue weighted by atomic mass is 9.75. The number of hydrogen-bond acceptors (Lipinski definition) is 4. The van der Waals surface area contributed by atoms with Crippen LogP contribution in [0.5, 0.6) is 0 Å². The van der Waals surface area contributed by atoms with Gasteiger partial charge in [0.2, 0.25) is 5.91 Å². The second kappa shape index (κ2) is 9.60. The molecule has 0 spiro atoms. The number of nitrogens with zero attached hydrogens (tertiary/aromatic N) is 2. The number of anilines is 2. The molecule has 1 saturated heterocycles. The molecule has 1 amide bonds. The standard InChI is InChI=1S/C25H33ClN4O/c1-2-25(21-7-3-4-8-23(21)28-24(25)31)11-5-6-12-29-13-15-30(16-14-29)20-10-9-19(18-27)22(26)17-20/h3-4,7-10,17H,2,5-6,11-16,18,27H2,1H3,(H,28,31). The van der Waals surface area contributed by atoms with E-state index in [2.05, 4.69) is 34.2 Å². The molecule has 0 aliphatic carbocycles. The fourth-order valence-electron chi connectivity index (χ4n) is 5.04. The number of piperazine rings is 1. The summed E-state index contributed by atoms with van der Waals surface area (Å²) in [5.74, 6) is 0.170. The molecule has 2 aromatic carbocycles. The van der Waals surface area contributed by atoms with E-state index in [0.717, 1.165) is 74.7 Å². The highest BCUT2D eigenvalue weighted by atomic mass is 35.5. The van der Waals surface area contributed by atoms with E-state index in [4.69, 9.17) is 17.3 Å². The van der Waals surface area contributed by atoms with Crippen molar-refractivity contribution in [2.75, 3.05) is 42.9 Å². The molecular weight excluding hydrogens is 408 g/mol. The van der Waals surface area contributed by atoms with Gasteiger partial charge in [0.1, 0.15) is 0 Å². The summed E-state index contributed by atoms with van der Waals surface area (Å²) in [6, 6.07) is 14.4. The summed E-state index contributed by atoms with van der Waals surface area (Å²) in [7, 11) is 0. The SMILES string of the molecule is CCC1(CCCCN2CCN(c3ccc(CN)c(Cl)c3)CC2)C(=O)Nc2ccccc21. The number of nitrogens with two attached hydrogens (primary N) is 1. The number of para-hydroxylation sites is 1. The molecular formula is C25H33ClN4O. The minimum absolute atomic E-state index is 0.170. The molecule has 1 unspecified atom stereocenters. The maximum Gasteiger partial charge on any atom is 0.235 e. The van der Waals surface area contributed by atoms with Gasteiger partial charge in [0.15, 0.2) is 0 Å². The van der Waals surface area contributed by atoms with Crippen molar-refractivity contribution in [2.24, 2.45) is 5.73 Å². The molecule has 0 radical (unpaired) electrons. The monoisotopic (exact) mass is 440 g/mol. The normalized spacial score (nSPS) is 21.3. The fraction of sp³-hybridized carbons (Fsp3) is 0.480. The van der Waals surface area contributed by atoms with Crippen molar-refractivity contribution in [2.45, 2.75) is 44.6 Å². The van der Waals surface area contributed by atoms with E-state index in [1.54, 1.807) is 0 Å². The zero-order chi connectivity index (χ0) is 21.8. The summed E-state index contributed by atoms with van der Waals surface area (Å²) in [5, 5.41) is 3.84. The summed E-state index contributed by atoms with van der Waals surface area (Å²) in [6.07, 6.45) is 3.94. The lowest BCUT2D eigenvalue weighted by molar-refractivity contribution is -0.121. The molecule has 0 saturated carbocycles. The van der Waals surface area contributed by atoms with Crippen LogP contribution < -0.4 is 16.0 Å². The molecule has 0 bridgehead atoms. The average Bonchev–Trinajstić information content (AvgIpc) is 3.08. The van der Waals surface area contributed by atoms with Crippen LogP contribution in [0.4, 0.5) is 11.4 Å². The molecule has 6 heteroatoms. The minimum Gasteiger partial charge on any atom is -0.369 e. The van der Waals surface area contributed by atoms with E-state index in [9.17, 15) is 4.79 Å². The number of fused-ring (bicyclic) bond motifs is 1. The van der Waals surface area contributed by atoms with Gasteiger partial charge in [-0.1, -0.05) is 49.2 Å². The van der Waals surface area contributed by atoms with E-state index >= 15 is 0 Å². The Balaban J connectivity index is 1.25. The summed E-state index contributed by atoms with van der Waals surface area (Å²) in [5.41, 5.74) is 9.70. The Hall–Kier alpha value is -2.08. The number of benzene rings is 2. The molecule has 1 atom stereocenters. The molecule has 0 aromatic heterocycles. The Kier molecular flexibility index (Phi) is 6.85. The largest absolute Gasteiger partial charge is 0.369 e. The van der Waals surface area contributed by atoms with Crippen molar-refractivity contribution in [1.82, 2.24) is 4.90 Å². The van der Waals surface area contributed by atoms with Crippen molar-refractivity contribution in [3.05, 3.63) is 58.6 Å². The van der Waals surface area contributed by atoms with Crippen LogP contribution in [0.15, 0.2) is 42.5 Å². The molecule has 166 valence electrons. The molecule has 31 heavy (non-hydrogen) atoms. The Morgan fingerprint density at radius 1 is 1.10 bits per heavy atom. The van der Waals surface area contributed by atoms with Crippen LogP contribution in [0.25, 0.3) is 0 Å². The van der Waals surface area contributed by atoms with Crippen LogP contribution in [0, 0.1) is 0 Å². The van der Waals surface area contributed by atoms with Crippen molar-refractivity contribution < 1.29 is 4.79 Å². The predicted molar refractivity (Wildman–Crippen MR) is 129 cm³/mol. The Morgan fingerprint density at radius 2 is 1.87 bits per heavy atom. The van der Waals surface area contributed by atoms with Crippen molar-refractivity contribution in [1.29, 1.82) is 0 Å². The van der Waals surface area contributed by atoms with Crippen LogP contribution in [0.3, 0.4) is 0 Å². The molecule has 2 aromatic rings. The van der Waals surface area contributed by atoms with Gasteiger partial charge < -0.3 is 16.0 Å². The topological polar surface area (TPSA) is 61.6 Å². The van der Waals surface area contributed by atoms with Crippen LogP contribution in [0.2, 0.25) is 5.02 Å². The number of rotatable bonds is 8. The third-order valence-electron chi connectivity index (χ3n) is 7.05. The number of carbonyl (C=O) groups is 1. The molecule has 1 fully saturated rings. The first-order valence-corrected chi connectivity index (χ1v) is 11.8. The van der Waals surface area contributed by atoms with Crippen LogP contribution >= 0.6 is 11.6 Å². The molecule has 2 aliphatic rings. The number of carbonyl (C=O) groups excluding carboxylic acids is 1. The minimum atomic E-state index is -0.357. The first-order chi connectivity index (χ1) is 15.1. The van der Waals surface area contributed by atoms with Crippen LogP contribution in [-0.2, 0) is 16.8 Å². The first-order valence-electron chi connectivity index (χ1n) is 11.4. The van der Waals surface area contributed by atoms with Gasteiger partial charge in [-0.15, -0.1) is 0 Å². The summed E-state index contributed by atoms with van der Waals surface area (Å²) >= 11 is 6.34. The van der Waals surface area contributed by atoms with Gasteiger partial charge in [0.05, 0.1) is 5.41 Å². The third kappa shape index (κ3) is 4.45. The molecule has 3 N–H and O–H groups in total. The third-order valence-corrected chi connectivity index (χ3v) is 7.40. The van der Waals surface area contributed by atoms with E-state index in [1.807, 2.05) is 30.3 Å². The van der Waals surface area contributed by atoms with Gasteiger partial charge in [-0.2, -0.15) is 0 Å². The predicted octanol–water partition coefficient (Wildman–Crippen LogP) is 4.39. The molecule has 2 heterocycles. The maximum atomic E-state index is 12.8. The second-order valence-electron chi connectivity index (χ2n) is 8.70. The summed E-state index contributed by atoms with van der Waals surface area (Å²) in [6.45, 7) is 7.81. The second-order valence-corrected chi connectivity index (χ2v) is 9.11. The fourth-order valence-corrected chi connectivity index (χ4v) is 5.29. The average molecular weight is 441 g/mol. The summed E-state index contributed by atoms with van der Waals surface area (Å²) < 4.78 is 0. The van der Waals surface area contributed by atoms with Crippen molar-refractivity contribution in [3.8, 4) is 0 Å². The van der Waals surface area contributed by atoms with Gasteiger partial charge in [-0.05, 0) is 55.1 Å². The van der Waals surface area contributed by atoms with Gasteiger partial charge >= 0.3 is 0 Å². The van der Waals surface area contributed by atoms with Gasteiger partial charge in [-0.3, -0.25) is 9.69 Å². The van der Waals surface area contributed by atoms with Crippen LogP contribution in [0.1, 0.15) is 43.7 Å². The molecule has 5 nitrogen and oxygen atoms in total. The number of hydrogen-bond donors (Lipinski definition) is 2. The quantitative estimate of drug-likeness (QED) is 0.597. The van der Waals surface area contributed by atoms with Gasteiger partial charge in [0, 0.05) is 49.1 Å². The number of unbranched alkanes of at least 4 members (excludes halogenated alkanes) is 1. The van der Waals surface area contributed by atoms with Gasteiger partial charge in [0.25, 0.3) is 0 Å². The number of halogens is 1. The van der Waals surface area contributed by atoms with E-state index in [-0.39, 0.29) is 11.3 Å². The van der Waals surface area contributed by atoms with Crippen molar-refractivity contribution >= 4 is 28.9 Å². The smallest absolute Gasteiger partial charge is 0.235 e. The van der Waals surface area contributed by atoms with E-state index in [0.29, 0.717) is 6.54 Å². The first kappa shape index (κ1) is 22.1. The zero-order valence-corrected chi connectivity index (χ0v) is 19.1. The molecule has 2 aliphatic heterocycles. The molecule has 4 rings (SSSR count). The summed E-state index contributed by atoms with van der Waals surface area (Å²) in [4.78, 5) is 17.7.